The quantitative estimate of drug-likeness (QED) is 0.685. The van der Waals surface area contributed by atoms with E-state index in [4.69, 9.17) is 23.2 Å². The summed E-state index contributed by atoms with van der Waals surface area (Å²) in [6.07, 6.45) is 0. The maximum Gasteiger partial charge on any atom is 0.148 e. The lowest BCUT2D eigenvalue weighted by molar-refractivity contribution is 0.559. The molecular weight excluding hydrogens is 364 g/mol. The van der Waals surface area contributed by atoms with E-state index in [0.29, 0.717) is 21.6 Å². The molecule has 1 N–H and O–H groups in total. The van der Waals surface area contributed by atoms with Gasteiger partial charge in [-0.25, -0.2) is 4.39 Å². The molecule has 0 aliphatic heterocycles. The van der Waals surface area contributed by atoms with E-state index in [-0.39, 0.29) is 11.1 Å². The number of nitrogens with one attached hydrogen (secondary N) is 1. The van der Waals surface area contributed by atoms with Crippen molar-refractivity contribution < 1.29 is 4.39 Å². The van der Waals surface area contributed by atoms with Gasteiger partial charge in [-0.3, -0.25) is 0 Å². The van der Waals surface area contributed by atoms with Gasteiger partial charge in [0, 0.05) is 15.1 Å². The van der Waals surface area contributed by atoms with Crippen molar-refractivity contribution in [1.29, 1.82) is 0 Å². The summed E-state index contributed by atoms with van der Waals surface area (Å²) in [6.45, 7) is 2.64. The monoisotopic (exact) mass is 375 g/mol. The lowest BCUT2D eigenvalue weighted by Gasteiger charge is -2.21. The van der Waals surface area contributed by atoms with E-state index >= 15 is 0 Å². The molecule has 0 saturated carbocycles. The molecule has 106 valence electrons. The van der Waals surface area contributed by atoms with Gasteiger partial charge in [0.1, 0.15) is 5.82 Å². The molecule has 0 fully saturated rings. The van der Waals surface area contributed by atoms with Crippen molar-refractivity contribution in [1.82, 2.24) is 5.32 Å². The summed E-state index contributed by atoms with van der Waals surface area (Å²) in [5.41, 5.74) is 1.31. The van der Waals surface area contributed by atoms with Crippen LogP contribution >= 0.6 is 39.1 Å². The molecule has 0 aliphatic carbocycles. The SMILES string of the molecule is CCNC(c1ccccc1Cl)c1ccc(Br)c(Cl)c1F. The predicted octanol–water partition coefficient (Wildman–Crippen LogP) is 5.59. The highest BCUT2D eigenvalue weighted by atomic mass is 79.9. The largest absolute Gasteiger partial charge is 0.306 e. The van der Waals surface area contributed by atoms with Crippen molar-refractivity contribution in [2.45, 2.75) is 13.0 Å². The van der Waals surface area contributed by atoms with Crippen LogP contribution in [0.2, 0.25) is 10.0 Å². The first-order valence-electron chi connectivity index (χ1n) is 6.17. The van der Waals surface area contributed by atoms with Crippen LogP contribution in [-0.4, -0.2) is 6.54 Å². The van der Waals surface area contributed by atoms with Crippen LogP contribution < -0.4 is 5.32 Å². The molecule has 0 heterocycles. The van der Waals surface area contributed by atoms with E-state index in [2.05, 4.69) is 21.2 Å². The zero-order valence-corrected chi connectivity index (χ0v) is 13.9. The van der Waals surface area contributed by atoms with Crippen molar-refractivity contribution in [2.24, 2.45) is 0 Å². The van der Waals surface area contributed by atoms with Crippen molar-refractivity contribution in [2.75, 3.05) is 6.54 Å². The van der Waals surface area contributed by atoms with Crippen LogP contribution in [-0.2, 0) is 0 Å². The maximum absolute atomic E-state index is 14.4. The van der Waals surface area contributed by atoms with Crippen LogP contribution in [0.1, 0.15) is 24.1 Å². The smallest absolute Gasteiger partial charge is 0.148 e. The van der Waals surface area contributed by atoms with Crippen LogP contribution in [0.25, 0.3) is 0 Å². The Balaban J connectivity index is 2.55. The van der Waals surface area contributed by atoms with Crippen molar-refractivity contribution in [3.63, 3.8) is 0 Å². The molecule has 5 heteroatoms. The molecule has 20 heavy (non-hydrogen) atoms. The second kappa shape index (κ2) is 6.90. The fraction of sp³-hybridized carbons (Fsp3) is 0.200. The average Bonchev–Trinajstić information content (AvgIpc) is 2.44. The number of hydrogen-bond acceptors (Lipinski definition) is 1. The van der Waals surface area contributed by atoms with Crippen LogP contribution in [0.4, 0.5) is 4.39 Å². The highest BCUT2D eigenvalue weighted by molar-refractivity contribution is 9.10. The Morgan fingerprint density at radius 1 is 1.15 bits per heavy atom. The first kappa shape index (κ1) is 15.8. The molecule has 0 saturated heterocycles. The fourth-order valence-corrected chi connectivity index (χ4v) is 2.79. The van der Waals surface area contributed by atoms with Gasteiger partial charge in [0.2, 0.25) is 0 Å². The third-order valence-electron chi connectivity index (χ3n) is 3.00. The Morgan fingerprint density at radius 2 is 1.85 bits per heavy atom. The average molecular weight is 377 g/mol. The van der Waals surface area contributed by atoms with Crippen molar-refractivity contribution >= 4 is 39.1 Å². The summed E-state index contributed by atoms with van der Waals surface area (Å²) in [5, 5.41) is 3.92. The Labute approximate surface area is 136 Å². The summed E-state index contributed by atoms with van der Waals surface area (Å²) >= 11 is 15.4. The highest BCUT2D eigenvalue weighted by Crippen LogP contribution is 2.34. The first-order valence-corrected chi connectivity index (χ1v) is 7.72. The molecular formula is C15H13BrCl2FN. The lowest BCUT2D eigenvalue weighted by Crippen LogP contribution is -2.23. The fourth-order valence-electron chi connectivity index (χ4n) is 2.06. The number of halogens is 4. The van der Waals surface area contributed by atoms with Crippen LogP contribution in [0.15, 0.2) is 40.9 Å². The Kier molecular flexibility index (Phi) is 5.44. The molecule has 0 radical (unpaired) electrons. The van der Waals surface area contributed by atoms with Crippen LogP contribution in [0, 0.1) is 5.82 Å². The molecule has 1 unspecified atom stereocenters. The molecule has 0 aliphatic rings. The molecule has 2 aromatic rings. The first-order chi connectivity index (χ1) is 9.56. The Bertz CT molecular complexity index is 619. The maximum atomic E-state index is 14.4. The van der Waals surface area contributed by atoms with Crippen LogP contribution in [0.5, 0.6) is 0 Å². The van der Waals surface area contributed by atoms with Crippen molar-refractivity contribution in [3.05, 3.63) is 67.9 Å². The van der Waals surface area contributed by atoms with Gasteiger partial charge < -0.3 is 5.32 Å². The zero-order chi connectivity index (χ0) is 14.7. The van der Waals surface area contributed by atoms with Gasteiger partial charge in [-0.05, 0) is 40.2 Å². The Morgan fingerprint density at radius 3 is 2.50 bits per heavy atom. The van der Waals surface area contributed by atoms with Gasteiger partial charge in [-0.1, -0.05) is 54.4 Å². The van der Waals surface area contributed by atoms with Gasteiger partial charge in [0.15, 0.2) is 0 Å². The van der Waals surface area contributed by atoms with Crippen molar-refractivity contribution in [3.8, 4) is 0 Å². The lowest BCUT2D eigenvalue weighted by atomic mass is 9.98. The van der Waals surface area contributed by atoms with E-state index in [0.717, 1.165) is 5.56 Å². The van der Waals surface area contributed by atoms with E-state index < -0.39 is 5.82 Å². The second-order valence-electron chi connectivity index (χ2n) is 4.28. The molecule has 0 spiro atoms. The second-order valence-corrected chi connectivity index (χ2v) is 5.92. The number of hydrogen-bond donors (Lipinski definition) is 1. The van der Waals surface area contributed by atoms with E-state index in [1.807, 2.05) is 25.1 Å². The van der Waals surface area contributed by atoms with Gasteiger partial charge in [0.25, 0.3) is 0 Å². The highest BCUT2D eigenvalue weighted by Gasteiger charge is 2.21. The summed E-state index contributed by atoms with van der Waals surface area (Å²) in [7, 11) is 0. The molecule has 0 bridgehead atoms. The normalized spacial score (nSPS) is 12.4. The minimum absolute atomic E-state index is 0.0810. The minimum Gasteiger partial charge on any atom is -0.306 e. The summed E-state index contributed by atoms with van der Waals surface area (Å²) in [5.74, 6) is -0.438. The molecule has 1 atom stereocenters. The van der Waals surface area contributed by atoms with Gasteiger partial charge >= 0.3 is 0 Å². The van der Waals surface area contributed by atoms with Gasteiger partial charge in [-0.15, -0.1) is 0 Å². The molecule has 1 nitrogen and oxygen atoms in total. The van der Waals surface area contributed by atoms with Crippen LogP contribution in [0.3, 0.4) is 0 Å². The number of rotatable bonds is 4. The Hall–Kier alpha value is -0.610. The standard InChI is InChI=1S/C15H13BrCl2FN/c1-2-20-15(9-5-3-4-6-12(9)17)10-7-8-11(16)13(18)14(10)19/h3-8,15,20H,2H2,1H3. The summed E-state index contributed by atoms with van der Waals surface area (Å²) < 4.78 is 14.9. The predicted molar refractivity (Wildman–Crippen MR) is 86.1 cm³/mol. The molecule has 0 amide bonds. The third kappa shape index (κ3) is 3.17. The minimum atomic E-state index is -0.438. The van der Waals surface area contributed by atoms with Gasteiger partial charge in [0.05, 0.1) is 11.1 Å². The number of benzene rings is 2. The van der Waals surface area contributed by atoms with E-state index in [1.54, 1.807) is 18.2 Å². The topological polar surface area (TPSA) is 12.0 Å². The molecule has 0 aromatic heterocycles. The molecule has 2 aromatic carbocycles. The third-order valence-corrected chi connectivity index (χ3v) is 4.60. The van der Waals surface area contributed by atoms with Gasteiger partial charge in [-0.2, -0.15) is 0 Å². The molecule has 2 rings (SSSR count). The van der Waals surface area contributed by atoms with E-state index in [9.17, 15) is 4.39 Å². The zero-order valence-electron chi connectivity index (χ0n) is 10.8. The summed E-state index contributed by atoms with van der Waals surface area (Å²) in [4.78, 5) is 0. The summed E-state index contributed by atoms with van der Waals surface area (Å²) in [6, 6.07) is 10.5. The van der Waals surface area contributed by atoms with E-state index in [1.165, 1.54) is 0 Å².